The number of carbonyl (C=O) groups excluding carboxylic acids is 2. The standard InChI is InChI=1S/C17H17FN2O5S/c1-25-15-8-6-13(10-16(15)26(19,23)24)20-17(22)9-7-14(21)11-2-4-12(18)5-3-11/h2-6,8,10H,7,9H2,1H3,(H,20,22)(H2,19,23,24). The molecule has 0 bridgehead atoms. The Bertz CT molecular complexity index is 927. The summed E-state index contributed by atoms with van der Waals surface area (Å²) in [6.45, 7) is 0. The molecule has 0 saturated carbocycles. The zero-order valence-electron chi connectivity index (χ0n) is 13.9. The topological polar surface area (TPSA) is 116 Å². The van der Waals surface area contributed by atoms with E-state index in [1.54, 1.807) is 0 Å². The van der Waals surface area contributed by atoms with Gasteiger partial charge in [0.25, 0.3) is 0 Å². The van der Waals surface area contributed by atoms with E-state index >= 15 is 0 Å². The fraction of sp³-hybridized carbons (Fsp3) is 0.176. The number of Topliss-reactive ketones (excluding diaryl/α,β-unsaturated/α-hetero) is 1. The molecule has 1 amide bonds. The van der Waals surface area contributed by atoms with Gasteiger partial charge in [0.15, 0.2) is 5.78 Å². The Balaban J connectivity index is 2.01. The van der Waals surface area contributed by atoms with Gasteiger partial charge in [0, 0.05) is 24.1 Å². The number of anilines is 1. The monoisotopic (exact) mass is 380 g/mol. The van der Waals surface area contributed by atoms with Gasteiger partial charge in [-0.25, -0.2) is 17.9 Å². The van der Waals surface area contributed by atoms with E-state index in [0.29, 0.717) is 5.56 Å². The van der Waals surface area contributed by atoms with E-state index in [2.05, 4.69) is 5.32 Å². The predicted molar refractivity (Wildman–Crippen MR) is 93.0 cm³/mol. The summed E-state index contributed by atoms with van der Waals surface area (Å²) in [6, 6.07) is 9.01. The van der Waals surface area contributed by atoms with Crippen LogP contribution in [-0.2, 0) is 14.8 Å². The maximum absolute atomic E-state index is 12.8. The van der Waals surface area contributed by atoms with Crippen molar-refractivity contribution in [3.63, 3.8) is 0 Å². The third-order valence-corrected chi connectivity index (χ3v) is 4.43. The van der Waals surface area contributed by atoms with Gasteiger partial charge in [0.1, 0.15) is 16.5 Å². The first-order chi connectivity index (χ1) is 12.2. The molecule has 0 atom stereocenters. The van der Waals surface area contributed by atoms with Crippen LogP contribution in [0.15, 0.2) is 47.4 Å². The predicted octanol–water partition coefficient (Wildman–Crippen LogP) is 2.08. The molecule has 2 aromatic carbocycles. The number of nitrogens with one attached hydrogen (secondary N) is 1. The van der Waals surface area contributed by atoms with Crippen LogP contribution in [0.2, 0.25) is 0 Å². The molecule has 0 fully saturated rings. The third kappa shape index (κ3) is 5.11. The molecule has 3 N–H and O–H groups in total. The third-order valence-electron chi connectivity index (χ3n) is 3.50. The molecule has 7 nitrogen and oxygen atoms in total. The van der Waals surface area contributed by atoms with Gasteiger partial charge in [-0.3, -0.25) is 9.59 Å². The lowest BCUT2D eigenvalue weighted by molar-refractivity contribution is -0.116. The first-order valence-electron chi connectivity index (χ1n) is 7.50. The Hall–Kier alpha value is -2.78. The van der Waals surface area contributed by atoms with Crippen molar-refractivity contribution in [3.05, 3.63) is 53.8 Å². The van der Waals surface area contributed by atoms with Crippen LogP contribution in [0.4, 0.5) is 10.1 Å². The highest BCUT2D eigenvalue weighted by Crippen LogP contribution is 2.26. The first kappa shape index (κ1) is 19.5. The number of hydrogen-bond acceptors (Lipinski definition) is 5. The van der Waals surface area contributed by atoms with Crippen LogP contribution < -0.4 is 15.2 Å². The highest BCUT2D eigenvalue weighted by Gasteiger charge is 2.17. The molecule has 0 spiro atoms. The molecular formula is C17H17FN2O5S. The van der Waals surface area contributed by atoms with Crippen LogP contribution >= 0.6 is 0 Å². The van der Waals surface area contributed by atoms with Crippen molar-refractivity contribution in [3.8, 4) is 5.75 Å². The van der Waals surface area contributed by atoms with Crippen LogP contribution in [0.5, 0.6) is 5.75 Å². The fourth-order valence-electron chi connectivity index (χ4n) is 2.21. The molecule has 0 aromatic heterocycles. The molecule has 2 rings (SSSR count). The Kier molecular flexibility index (Phi) is 6.06. The maximum Gasteiger partial charge on any atom is 0.241 e. The number of ketones is 1. The fourth-order valence-corrected chi connectivity index (χ4v) is 2.93. The normalized spacial score (nSPS) is 11.0. The van der Waals surface area contributed by atoms with Crippen molar-refractivity contribution in [2.24, 2.45) is 5.14 Å². The van der Waals surface area contributed by atoms with Crippen LogP contribution in [0, 0.1) is 5.82 Å². The van der Waals surface area contributed by atoms with Gasteiger partial charge < -0.3 is 10.1 Å². The summed E-state index contributed by atoms with van der Waals surface area (Å²) in [6.07, 6.45) is -0.192. The van der Waals surface area contributed by atoms with Gasteiger partial charge >= 0.3 is 0 Å². The van der Waals surface area contributed by atoms with E-state index in [9.17, 15) is 22.4 Å². The van der Waals surface area contributed by atoms with Gasteiger partial charge in [0.05, 0.1) is 7.11 Å². The Labute approximate surface area is 150 Å². The molecule has 0 radical (unpaired) electrons. The number of rotatable bonds is 7. The molecule has 0 aliphatic carbocycles. The smallest absolute Gasteiger partial charge is 0.241 e. The number of nitrogens with two attached hydrogens (primary N) is 1. The van der Waals surface area contributed by atoms with E-state index in [0.717, 1.165) is 0 Å². The Morgan fingerprint density at radius 1 is 1.12 bits per heavy atom. The maximum atomic E-state index is 12.8. The summed E-state index contributed by atoms with van der Waals surface area (Å²) in [7, 11) is -2.74. The second-order valence-electron chi connectivity index (χ2n) is 5.39. The minimum Gasteiger partial charge on any atom is -0.495 e. The summed E-state index contributed by atoms with van der Waals surface area (Å²) in [4.78, 5) is 23.7. The highest BCUT2D eigenvalue weighted by molar-refractivity contribution is 7.89. The van der Waals surface area contributed by atoms with Crippen LogP contribution in [0.1, 0.15) is 23.2 Å². The molecule has 0 unspecified atom stereocenters. The lowest BCUT2D eigenvalue weighted by Gasteiger charge is -2.10. The van der Waals surface area contributed by atoms with E-state index < -0.39 is 21.7 Å². The number of halogens is 1. The van der Waals surface area contributed by atoms with E-state index in [4.69, 9.17) is 9.88 Å². The zero-order chi connectivity index (χ0) is 19.3. The zero-order valence-corrected chi connectivity index (χ0v) is 14.7. The molecule has 0 heterocycles. The molecule has 0 aliphatic rings. The highest BCUT2D eigenvalue weighted by atomic mass is 32.2. The van der Waals surface area contributed by atoms with Crippen molar-refractivity contribution in [1.82, 2.24) is 0 Å². The second kappa shape index (κ2) is 8.07. The Morgan fingerprint density at radius 3 is 2.35 bits per heavy atom. The molecule has 138 valence electrons. The summed E-state index contributed by atoms with van der Waals surface area (Å²) >= 11 is 0. The quantitative estimate of drug-likeness (QED) is 0.714. The summed E-state index contributed by atoms with van der Waals surface area (Å²) < 4.78 is 40.9. The number of methoxy groups -OCH3 is 1. The minimum absolute atomic E-state index is 0.0528. The van der Waals surface area contributed by atoms with Gasteiger partial charge in [-0.05, 0) is 42.5 Å². The van der Waals surface area contributed by atoms with Gasteiger partial charge in [-0.1, -0.05) is 0 Å². The van der Waals surface area contributed by atoms with Gasteiger partial charge in [-0.2, -0.15) is 0 Å². The first-order valence-corrected chi connectivity index (χ1v) is 9.05. The summed E-state index contributed by atoms with van der Waals surface area (Å²) in [5, 5.41) is 7.61. The summed E-state index contributed by atoms with van der Waals surface area (Å²) in [5.41, 5.74) is 0.509. The van der Waals surface area contributed by atoms with Crippen molar-refractivity contribution in [2.45, 2.75) is 17.7 Å². The molecule has 0 aliphatic heterocycles. The number of amides is 1. The molecule has 26 heavy (non-hydrogen) atoms. The van der Waals surface area contributed by atoms with Crippen LogP contribution in [0.3, 0.4) is 0 Å². The average molecular weight is 380 g/mol. The lowest BCUT2D eigenvalue weighted by atomic mass is 10.1. The molecule has 0 saturated heterocycles. The summed E-state index contributed by atoms with van der Waals surface area (Å²) in [5.74, 6) is -1.19. The number of sulfonamides is 1. The molecule has 9 heteroatoms. The lowest BCUT2D eigenvalue weighted by Crippen LogP contribution is -2.16. The van der Waals surface area contributed by atoms with Crippen molar-refractivity contribution in [2.75, 3.05) is 12.4 Å². The number of carbonyl (C=O) groups is 2. The van der Waals surface area contributed by atoms with Crippen molar-refractivity contribution >= 4 is 27.4 Å². The minimum atomic E-state index is -4.03. The van der Waals surface area contributed by atoms with Crippen molar-refractivity contribution in [1.29, 1.82) is 0 Å². The van der Waals surface area contributed by atoms with Gasteiger partial charge in [0.2, 0.25) is 15.9 Å². The Morgan fingerprint density at radius 2 is 1.77 bits per heavy atom. The largest absolute Gasteiger partial charge is 0.495 e. The number of ether oxygens (including phenoxy) is 1. The van der Waals surface area contributed by atoms with Crippen LogP contribution in [0.25, 0.3) is 0 Å². The average Bonchev–Trinajstić information content (AvgIpc) is 2.59. The van der Waals surface area contributed by atoms with E-state index in [1.807, 2.05) is 0 Å². The van der Waals surface area contributed by atoms with Crippen molar-refractivity contribution < 1.29 is 27.1 Å². The number of hydrogen-bond donors (Lipinski definition) is 2. The number of benzene rings is 2. The number of primary sulfonamides is 1. The SMILES string of the molecule is COc1ccc(NC(=O)CCC(=O)c2ccc(F)cc2)cc1S(N)(=O)=O. The van der Waals surface area contributed by atoms with Crippen LogP contribution in [-0.4, -0.2) is 27.2 Å². The molecule has 2 aromatic rings. The second-order valence-corrected chi connectivity index (χ2v) is 6.92. The van der Waals surface area contributed by atoms with E-state index in [-0.39, 0.29) is 35.0 Å². The van der Waals surface area contributed by atoms with Gasteiger partial charge in [-0.15, -0.1) is 0 Å². The molecular weight excluding hydrogens is 363 g/mol. The van der Waals surface area contributed by atoms with E-state index in [1.165, 1.54) is 49.6 Å².